The van der Waals surface area contributed by atoms with E-state index < -0.39 is 5.41 Å². The molecule has 6 heteroatoms. The first kappa shape index (κ1) is 13.1. The third kappa shape index (κ3) is 1.57. The van der Waals surface area contributed by atoms with Crippen LogP contribution >= 0.6 is 0 Å². The molecule has 22 heavy (non-hydrogen) atoms. The number of likely N-dealkylation sites (N-methyl/N-ethyl adjacent to an activating group) is 1. The number of benzene rings is 1. The second kappa shape index (κ2) is 4.19. The van der Waals surface area contributed by atoms with Gasteiger partial charge in [-0.3, -0.25) is 9.89 Å². The highest BCUT2D eigenvalue weighted by Gasteiger charge is 2.43. The maximum atomic E-state index is 12.6. The quantitative estimate of drug-likeness (QED) is 0.763. The van der Waals surface area contributed by atoms with Crippen LogP contribution in [0.25, 0.3) is 22.6 Å². The second-order valence-electron chi connectivity index (χ2n) is 6.12. The molecule has 2 N–H and O–H groups in total. The first-order valence-electron chi connectivity index (χ1n) is 7.38. The van der Waals surface area contributed by atoms with E-state index in [2.05, 4.69) is 20.2 Å². The second-order valence-corrected chi connectivity index (χ2v) is 6.12. The summed E-state index contributed by atoms with van der Waals surface area (Å²) in [5.41, 5.74) is 4.14. The fourth-order valence-corrected chi connectivity index (χ4v) is 3.16. The highest BCUT2D eigenvalue weighted by Crippen LogP contribution is 2.43. The number of aromatic nitrogens is 4. The SMILES string of the molecule is CCN1C(=O)C(C)(C)c2cc3[nH]c(-c4ccn[nH]4)nc3cc21. The molecule has 0 atom stereocenters. The van der Waals surface area contributed by atoms with Gasteiger partial charge in [0.1, 0.15) is 5.69 Å². The van der Waals surface area contributed by atoms with Crippen LogP contribution in [0.3, 0.4) is 0 Å². The number of carbonyl (C=O) groups excluding carboxylic acids is 1. The van der Waals surface area contributed by atoms with Crippen molar-refractivity contribution in [3.05, 3.63) is 30.0 Å². The number of hydrogen-bond acceptors (Lipinski definition) is 3. The lowest BCUT2D eigenvalue weighted by Crippen LogP contribution is -2.35. The van der Waals surface area contributed by atoms with Crippen molar-refractivity contribution in [2.24, 2.45) is 0 Å². The average molecular weight is 295 g/mol. The van der Waals surface area contributed by atoms with Crippen LogP contribution in [0.4, 0.5) is 5.69 Å². The molecule has 1 aromatic carbocycles. The predicted molar refractivity (Wildman–Crippen MR) is 84.7 cm³/mol. The molecule has 4 rings (SSSR count). The van der Waals surface area contributed by atoms with Gasteiger partial charge < -0.3 is 9.88 Å². The molecule has 0 fully saturated rings. The Balaban J connectivity index is 1.94. The highest BCUT2D eigenvalue weighted by atomic mass is 16.2. The van der Waals surface area contributed by atoms with Gasteiger partial charge in [-0.2, -0.15) is 5.10 Å². The van der Waals surface area contributed by atoms with E-state index in [4.69, 9.17) is 0 Å². The summed E-state index contributed by atoms with van der Waals surface area (Å²) < 4.78 is 0. The molecule has 3 heterocycles. The van der Waals surface area contributed by atoms with Crippen LogP contribution in [0.2, 0.25) is 0 Å². The lowest BCUT2D eigenvalue weighted by Gasteiger charge is -2.18. The van der Waals surface area contributed by atoms with E-state index in [-0.39, 0.29) is 5.91 Å². The molecule has 0 unspecified atom stereocenters. The zero-order chi connectivity index (χ0) is 15.5. The minimum atomic E-state index is -0.501. The fraction of sp³-hybridized carbons (Fsp3) is 0.312. The first-order chi connectivity index (χ1) is 10.5. The molecular weight excluding hydrogens is 278 g/mol. The molecule has 112 valence electrons. The van der Waals surface area contributed by atoms with Gasteiger partial charge in [0, 0.05) is 12.7 Å². The molecule has 6 nitrogen and oxygen atoms in total. The maximum absolute atomic E-state index is 12.6. The molecule has 1 aliphatic heterocycles. The molecule has 0 spiro atoms. The lowest BCUT2D eigenvalue weighted by molar-refractivity contribution is -0.122. The summed E-state index contributed by atoms with van der Waals surface area (Å²) in [7, 11) is 0. The molecule has 2 aromatic heterocycles. The van der Waals surface area contributed by atoms with E-state index in [9.17, 15) is 4.79 Å². The van der Waals surface area contributed by atoms with Crippen LogP contribution in [0.15, 0.2) is 24.4 Å². The van der Waals surface area contributed by atoms with Gasteiger partial charge in [0.05, 0.1) is 22.1 Å². The number of carbonyl (C=O) groups is 1. The van der Waals surface area contributed by atoms with Crippen LogP contribution in [0.5, 0.6) is 0 Å². The van der Waals surface area contributed by atoms with E-state index in [0.717, 1.165) is 33.8 Å². The van der Waals surface area contributed by atoms with Crippen molar-refractivity contribution in [1.29, 1.82) is 0 Å². The smallest absolute Gasteiger partial charge is 0.237 e. The van der Waals surface area contributed by atoms with E-state index in [1.54, 1.807) is 6.20 Å². The van der Waals surface area contributed by atoms with Gasteiger partial charge >= 0.3 is 0 Å². The zero-order valence-corrected chi connectivity index (χ0v) is 12.8. The van der Waals surface area contributed by atoms with Gasteiger partial charge in [-0.25, -0.2) is 4.98 Å². The molecule has 0 saturated heterocycles. The third-order valence-corrected chi connectivity index (χ3v) is 4.42. The topological polar surface area (TPSA) is 77.7 Å². The van der Waals surface area contributed by atoms with Crippen molar-refractivity contribution < 1.29 is 4.79 Å². The Labute approximate surface area is 127 Å². The highest BCUT2D eigenvalue weighted by molar-refractivity contribution is 6.09. The Morgan fingerprint density at radius 2 is 2.14 bits per heavy atom. The summed E-state index contributed by atoms with van der Waals surface area (Å²) in [6.45, 7) is 6.61. The van der Waals surface area contributed by atoms with Crippen LogP contribution in [0.1, 0.15) is 26.3 Å². The van der Waals surface area contributed by atoms with E-state index in [1.165, 1.54) is 0 Å². The zero-order valence-electron chi connectivity index (χ0n) is 12.8. The summed E-state index contributed by atoms with van der Waals surface area (Å²) in [4.78, 5) is 22.3. The fourth-order valence-electron chi connectivity index (χ4n) is 3.16. The van der Waals surface area contributed by atoms with Gasteiger partial charge in [-0.05, 0) is 44.5 Å². The van der Waals surface area contributed by atoms with E-state index >= 15 is 0 Å². The van der Waals surface area contributed by atoms with E-state index in [0.29, 0.717) is 6.54 Å². The van der Waals surface area contributed by atoms with Crippen molar-refractivity contribution >= 4 is 22.6 Å². The average Bonchev–Trinajstić information content (AvgIpc) is 3.18. The van der Waals surface area contributed by atoms with Crippen LogP contribution in [-0.2, 0) is 10.2 Å². The number of fused-ring (bicyclic) bond motifs is 2. The number of nitrogens with one attached hydrogen (secondary N) is 2. The van der Waals surface area contributed by atoms with Crippen LogP contribution < -0.4 is 4.90 Å². The summed E-state index contributed by atoms with van der Waals surface area (Å²) in [6.07, 6.45) is 1.70. The van der Waals surface area contributed by atoms with Crippen molar-refractivity contribution in [3.63, 3.8) is 0 Å². The first-order valence-corrected chi connectivity index (χ1v) is 7.38. The largest absolute Gasteiger partial charge is 0.337 e. The maximum Gasteiger partial charge on any atom is 0.237 e. The van der Waals surface area contributed by atoms with Gasteiger partial charge in [-0.1, -0.05) is 0 Å². The number of nitrogens with zero attached hydrogens (tertiary/aromatic N) is 3. The molecule has 1 amide bonds. The van der Waals surface area contributed by atoms with Crippen molar-refractivity contribution in [1.82, 2.24) is 20.2 Å². The van der Waals surface area contributed by atoms with Gasteiger partial charge in [0.15, 0.2) is 5.82 Å². The molecule has 0 radical (unpaired) electrons. The Hall–Kier alpha value is -2.63. The van der Waals surface area contributed by atoms with Gasteiger partial charge in [-0.15, -0.1) is 0 Å². The summed E-state index contributed by atoms with van der Waals surface area (Å²) >= 11 is 0. The molecule has 3 aromatic rings. The summed E-state index contributed by atoms with van der Waals surface area (Å²) in [5.74, 6) is 0.898. The number of imidazole rings is 1. The predicted octanol–water partition coefficient (Wildman–Crippen LogP) is 2.60. The normalized spacial score (nSPS) is 16.5. The standard InChI is InChI=1S/C16H17N5O/c1-4-21-13-8-12-11(7-9(13)16(2,3)15(21)22)18-14(19-12)10-5-6-17-20-10/h5-8H,4H2,1-3H3,(H,17,20)(H,18,19). The van der Waals surface area contributed by atoms with Crippen LogP contribution in [0, 0.1) is 0 Å². The summed E-state index contributed by atoms with van der Waals surface area (Å²) in [5, 5.41) is 6.86. The Bertz CT molecular complexity index is 875. The van der Waals surface area contributed by atoms with E-state index in [1.807, 2.05) is 43.9 Å². The number of H-pyrrole nitrogens is 2. The number of rotatable bonds is 2. The number of anilines is 1. The van der Waals surface area contributed by atoms with Crippen molar-refractivity contribution in [2.75, 3.05) is 11.4 Å². The van der Waals surface area contributed by atoms with Gasteiger partial charge in [0.2, 0.25) is 5.91 Å². The molecular formula is C16H17N5O. The Morgan fingerprint density at radius 3 is 2.82 bits per heavy atom. The minimum absolute atomic E-state index is 0.145. The van der Waals surface area contributed by atoms with Crippen LogP contribution in [-0.4, -0.2) is 32.6 Å². The van der Waals surface area contributed by atoms with Crippen molar-refractivity contribution in [3.8, 4) is 11.5 Å². The molecule has 0 bridgehead atoms. The van der Waals surface area contributed by atoms with Gasteiger partial charge in [0.25, 0.3) is 0 Å². The number of amides is 1. The number of aromatic amines is 2. The Morgan fingerprint density at radius 1 is 1.32 bits per heavy atom. The minimum Gasteiger partial charge on any atom is -0.337 e. The number of hydrogen-bond donors (Lipinski definition) is 2. The molecule has 1 aliphatic rings. The third-order valence-electron chi connectivity index (χ3n) is 4.42. The summed E-state index contributed by atoms with van der Waals surface area (Å²) in [6, 6.07) is 5.92. The molecule has 0 saturated carbocycles. The monoisotopic (exact) mass is 295 g/mol. The van der Waals surface area contributed by atoms with Crippen molar-refractivity contribution in [2.45, 2.75) is 26.2 Å². The molecule has 0 aliphatic carbocycles. The lowest BCUT2D eigenvalue weighted by atomic mass is 9.86. The Kier molecular flexibility index (Phi) is 2.49.